The highest BCUT2D eigenvalue weighted by Gasteiger charge is 2.37. The molecule has 0 aromatic heterocycles. The second-order valence-electron chi connectivity index (χ2n) is 3.16. The molecule has 0 amide bonds. The number of nitrogens with one attached hydrogen (secondary N) is 1. The normalized spacial score (nSPS) is 22.8. The molecular weight excluding hydrogens is 128 g/mol. The van der Waals surface area contributed by atoms with Crippen LogP contribution in [0.4, 0.5) is 0 Å². The molecule has 1 saturated heterocycles. The Morgan fingerprint density at radius 2 is 2.20 bits per heavy atom. The first-order valence-corrected chi connectivity index (χ1v) is 3.77. The summed E-state index contributed by atoms with van der Waals surface area (Å²) in [4.78, 5) is 0. The summed E-state index contributed by atoms with van der Waals surface area (Å²) in [6, 6.07) is 0. The zero-order valence-electron chi connectivity index (χ0n) is 6.68. The van der Waals surface area contributed by atoms with Gasteiger partial charge in [-0.2, -0.15) is 0 Å². The van der Waals surface area contributed by atoms with Gasteiger partial charge in [0.15, 0.2) is 0 Å². The summed E-state index contributed by atoms with van der Waals surface area (Å²) in [5, 5.41) is 3.15. The number of nitrogens with two attached hydrogens (primary N) is 1. The molecule has 1 heterocycles. The van der Waals surface area contributed by atoms with Gasteiger partial charge in [-0.1, -0.05) is 0 Å². The second kappa shape index (κ2) is 2.86. The molecule has 3 heteroatoms. The van der Waals surface area contributed by atoms with Gasteiger partial charge in [0.05, 0.1) is 6.10 Å². The van der Waals surface area contributed by atoms with Gasteiger partial charge in [0.25, 0.3) is 0 Å². The highest BCUT2D eigenvalue weighted by molar-refractivity contribution is 4.95. The predicted octanol–water partition coefficient (Wildman–Crippen LogP) is -0.288. The van der Waals surface area contributed by atoms with Crippen LogP contribution in [-0.4, -0.2) is 31.3 Å². The van der Waals surface area contributed by atoms with Crippen molar-refractivity contribution < 1.29 is 4.74 Å². The van der Waals surface area contributed by atoms with E-state index in [2.05, 4.69) is 5.32 Å². The van der Waals surface area contributed by atoms with Crippen LogP contribution >= 0.6 is 0 Å². The van der Waals surface area contributed by atoms with E-state index < -0.39 is 0 Å². The molecule has 0 spiro atoms. The zero-order valence-corrected chi connectivity index (χ0v) is 6.68. The van der Waals surface area contributed by atoms with Crippen LogP contribution in [-0.2, 0) is 4.74 Å². The summed E-state index contributed by atoms with van der Waals surface area (Å²) in [7, 11) is 0. The SMILES string of the molecule is CC(C)OC1(CN)CNC1. The molecule has 0 aromatic carbocycles. The van der Waals surface area contributed by atoms with Gasteiger partial charge in [-0.3, -0.25) is 0 Å². The van der Waals surface area contributed by atoms with Crippen molar-refractivity contribution in [1.82, 2.24) is 5.32 Å². The predicted molar refractivity (Wildman–Crippen MR) is 40.9 cm³/mol. The van der Waals surface area contributed by atoms with Crippen LogP contribution < -0.4 is 11.1 Å². The molecule has 0 aromatic rings. The van der Waals surface area contributed by atoms with Gasteiger partial charge in [0.2, 0.25) is 0 Å². The van der Waals surface area contributed by atoms with Gasteiger partial charge < -0.3 is 15.8 Å². The van der Waals surface area contributed by atoms with Crippen LogP contribution in [0.15, 0.2) is 0 Å². The molecule has 3 N–H and O–H groups in total. The van der Waals surface area contributed by atoms with Crippen molar-refractivity contribution in [3.05, 3.63) is 0 Å². The zero-order chi connectivity index (χ0) is 7.61. The van der Waals surface area contributed by atoms with Crippen molar-refractivity contribution in [2.24, 2.45) is 5.73 Å². The van der Waals surface area contributed by atoms with E-state index in [0.717, 1.165) is 13.1 Å². The highest BCUT2D eigenvalue weighted by atomic mass is 16.5. The number of ether oxygens (including phenoxy) is 1. The smallest absolute Gasteiger partial charge is 0.105 e. The van der Waals surface area contributed by atoms with Crippen LogP contribution in [0.3, 0.4) is 0 Å². The Bertz CT molecular complexity index is 105. The molecule has 0 atom stereocenters. The van der Waals surface area contributed by atoms with Crippen molar-refractivity contribution in [3.8, 4) is 0 Å². The molecule has 0 aliphatic carbocycles. The van der Waals surface area contributed by atoms with Crippen molar-refractivity contribution in [1.29, 1.82) is 0 Å². The van der Waals surface area contributed by atoms with Crippen molar-refractivity contribution in [2.75, 3.05) is 19.6 Å². The van der Waals surface area contributed by atoms with E-state index in [1.54, 1.807) is 0 Å². The Hall–Kier alpha value is -0.120. The first-order chi connectivity index (χ1) is 4.68. The summed E-state index contributed by atoms with van der Waals surface area (Å²) in [5.41, 5.74) is 5.50. The molecule has 1 fully saturated rings. The second-order valence-corrected chi connectivity index (χ2v) is 3.16. The lowest BCUT2D eigenvalue weighted by atomic mass is 9.97. The van der Waals surface area contributed by atoms with Crippen molar-refractivity contribution in [2.45, 2.75) is 25.6 Å². The van der Waals surface area contributed by atoms with Crippen LogP contribution in [0.25, 0.3) is 0 Å². The number of hydrogen-bond donors (Lipinski definition) is 2. The largest absolute Gasteiger partial charge is 0.368 e. The number of rotatable bonds is 3. The van der Waals surface area contributed by atoms with E-state index in [9.17, 15) is 0 Å². The molecule has 0 unspecified atom stereocenters. The lowest BCUT2D eigenvalue weighted by Crippen LogP contribution is -2.65. The monoisotopic (exact) mass is 144 g/mol. The summed E-state index contributed by atoms with van der Waals surface area (Å²) < 4.78 is 5.64. The van der Waals surface area contributed by atoms with E-state index in [1.165, 1.54) is 0 Å². The molecule has 10 heavy (non-hydrogen) atoms. The standard InChI is InChI=1S/C7H16N2O/c1-6(2)10-7(3-8)4-9-5-7/h6,9H,3-5,8H2,1-2H3. The summed E-state index contributed by atoms with van der Waals surface area (Å²) >= 11 is 0. The maximum absolute atomic E-state index is 5.64. The maximum Gasteiger partial charge on any atom is 0.105 e. The summed E-state index contributed by atoms with van der Waals surface area (Å²) in [5.74, 6) is 0. The first kappa shape index (κ1) is 7.98. The maximum atomic E-state index is 5.64. The molecule has 60 valence electrons. The van der Waals surface area contributed by atoms with Gasteiger partial charge in [0.1, 0.15) is 5.60 Å². The minimum Gasteiger partial charge on any atom is -0.368 e. The minimum atomic E-state index is -0.0475. The van der Waals surface area contributed by atoms with Crippen LogP contribution in [0.1, 0.15) is 13.8 Å². The van der Waals surface area contributed by atoms with E-state index in [4.69, 9.17) is 10.5 Å². The molecule has 1 aliphatic rings. The number of hydrogen-bond acceptors (Lipinski definition) is 3. The Kier molecular flexibility index (Phi) is 2.28. The van der Waals surface area contributed by atoms with E-state index >= 15 is 0 Å². The molecular formula is C7H16N2O. The van der Waals surface area contributed by atoms with Gasteiger partial charge in [0, 0.05) is 19.6 Å². The fraction of sp³-hybridized carbons (Fsp3) is 1.00. The molecule has 0 radical (unpaired) electrons. The Balaban J connectivity index is 2.33. The Morgan fingerprint density at radius 3 is 2.30 bits per heavy atom. The molecule has 0 bridgehead atoms. The van der Waals surface area contributed by atoms with Crippen LogP contribution in [0.2, 0.25) is 0 Å². The van der Waals surface area contributed by atoms with E-state index in [0.29, 0.717) is 6.54 Å². The van der Waals surface area contributed by atoms with Crippen LogP contribution in [0.5, 0.6) is 0 Å². The molecule has 1 aliphatic heterocycles. The lowest BCUT2D eigenvalue weighted by Gasteiger charge is -2.42. The fourth-order valence-electron chi connectivity index (χ4n) is 1.18. The van der Waals surface area contributed by atoms with E-state index in [-0.39, 0.29) is 11.7 Å². The van der Waals surface area contributed by atoms with Gasteiger partial charge in [-0.25, -0.2) is 0 Å². The highest BCUT2D eigenvalue weighted by Crippen LogP contribution is 2.16. The minimum absolute atomic E-state index is 0.0475. The average Bonchev–Trinajstić information content (AvgIpc) is 1.78. The average molecular weight is 144 g/mol. The van der Waals surface area contributed by atoms with E-state index in [1.807, 2.05) is 13.8 Å². The first-order valence-electron chi connectivity index (χ1n) is 3.77. The molecule has 3 nitrogen and oxygen atoms in total. The van der Waals surface area contributed by atoms with Crippen LogP contribution in [0, 0.1) is 0 Å². The van der Waals surface area contributed by atoms with Crippen molar-refractivity contribution in [3.63, 3.8) is 0 Å². The quantitative estimate of drug-likeness (QED) is 0.572. The molecule has 1 rings (SSSR count). The third-order valence-electron chi connectivity index (χ3n) is 1.75. The summed E-state index contributed by atoms with van der Waals surface area (Å²) in [6.45, 7) is 6.51. The van der Waals surface area contributed by atoms with Crippen molar-refractivity contribution >= 4 is 0 Å². The van der Waals surface area contributed by atoms with Gasteiger partial charge in [-0.05, 0) is 13.8 Å². The third-order valence-corrected chi connectivity index (χ3v) is 1.75. The lowest BCUT2D eigenvalue weighted by molar-refractivity contribution is -0.104. The third kappa shape index (κ3) is 1.48. The topological polar surface area (TPSA) is 47.3 Å². The summed E-state index contributed by atoms with van der Waals surface area (Å²) in [6.07, 6.45) is 0.283. The van der Waals surface area contributed by atoms with Gasteiger partial charge in [-0.15, -0.1) is 0 Å². The fourth-order valence-corrected chi connectivity index (χ4v) is 1.18. The Morgan fingerprint density at radius 1 is 1.60 bits per heavy atom. The molecule has 0 saturated carbocycles. The Labute approximate surface area is 61.9 Å². The van der Waals surface area contributed by atoms with Gasteiger partial charge >= 0.3 is 0 Å².